The third-order valence-corrected chi connectivity index (χ3v) is 8.29. The second kappa shape index (κ2) is 7.66. The van der Waals surface area contributed by atoms with Crippen molar-refractivity contribution in [1.82, 2.24) is 5.32 Å². The van der Waals surface area contributed by atoms with Crippen LogP contribution >= 0.6 is 0 Å². The van der Waals surface area contributed by atoms with Gasteiger partial charge in [0.2, 0.25) is 0 Å². The van der Waals surface area contributed by atoms with E-state index in [0.717, 1.165) is 36.2 Å². The molecule has 2 N–H and O–H groups in total. The topological polar surface area (TPSA) is 69.6 Å². The fraction of sp³-hybridized carbons (Fsp3) is 0.667. The van der Waals surface area contributed by atoms with Gasteiger partial charge in [0, 0.05) is 30.4 Å². The van der Waals surface area contributed by atoms with E-state index in [2.05, 4.69) is 10.2 Å². The van der Waals surface area contributed by atoms with Gasteiger partial charge in [-0.2, -0.15) is 0 Å². The molecule has 3 bridgehead atoms. The first-order valence-electron chi connectivity index (χ1n) is 11.5. The van der Waals surface area contributed by atoms with Crippen molar-refractivity contribution >= 4 is 17.6 Å². The molecule has 4 aliphatic rings. The number of benzene rings is 1. The van der Waals surface area contributed by atoms with E-state index in [9.17, 15) is 9.59 Å². The lowest BCUT2D eigenvalue weighted by Crippen LogP contribution is -2.47. The lowest BCUT2D eigenvalue weighted by Gasteiger charge is -2.37. The first-order valence-corrected chi connectivity index (χ1v) is 11.5. The molecule has 5 atom stereocenters. The van der Waals surface area contributed by atoms with Crippen LogP contribution < -0.4 is 10.2 Å². The SMILES string of the molecule is O=C(NC1C2CCCC3CC1CC3C2)c1ccc(N2CCC(C(=O)O)CC2)cc1. The van der Waals surface area contributed by atoms with Crippen LogP contribution in [0.5, 0.6) is 0 Å². The smallest absolute Gasteiger partial charge is 0.306 e. The number of nitrogens with one attached hydrogen (secondary N) is 1. The molecule has 5 nitrogen and oxygen atoms in total. The van der Waals surface area contributed by atoms with Crippen molar-refractivity contribution in [2.45, 2.75) is 57.4 Å². The summed E-state index contributed by atoms with van der Waals surface area (Å²) in [5, 5.41) is 12.6. The maximum absolute atomic E-state index is 13.0. The molecule has 5 unspecified atom stereocenters. The number of carbonyl (C=O) groups excluding carboxylic acids is 1. The number of fused-ring (bicyclic) bond motifs is 2. The van der Waals surface area contributed by atoms with Crippen molar-refractivity contribution in [3.05, 3.63) is 29.8 Å². The molecular weight excluding hydrogens is 364 g/mol. The molecule has 5 heteroatoms. The average molecular weight is 397 g/mol. The fourth-order valence-electron chi connectivity index (χ4n) is 6.73. The summed E-state index contributed by atoms with van der Waals surface area (Å²) in [6.07, 6.45) is 9.33. The van der Waals surface area contributed by atoms with E-state index >= 15 is 0 Å². The predicted octanol–water partition coefficient (Wildman–Crippen LogP) is 3.93. The molecule has 3 aliphatic carbocycles. The van der Waals surface area contributed by atoms with Gasteiger partial charge in [-0.3, -0.25) is 9.59 Å². The van der Waals surface area contributed by atoms with Crippen molar-refractivity contribution in [1.29, 1.82) is 0 Å². The molecule has 29 heavy (non-hydrogen) atoms. The minimum Gasteiger partial charge on any atom is -0.481 e. The van der Waals surface area contributed by atoms with Crippen LogP contribution in [0.4, 0.5) is 5.69 Å². The molecule has 1 saturated heterocycles. The van der Waals surface area contributed by atoms with Crippen molar-refractivity contribution < 1.29 is 14.7 Å². The summed E-state index contributed by atoms with van der Waals surface area (Å²) in [4.78, 5) is 26.3. The number of hydrogen-bond acceptors (Lipinski definition) is 3. The number of hydrogen-bond donors (Lipinski definition) is 2. The molecule has 1 aromatic carbocycles. The van der Waals surface area contributed by atoms with Crippen molar-refractivity contribution in [2.75, 3.05) is 18.0 Å². The van der Waals surface area contributed by atoms with Gasteiger partial charge in [-0.1, -0.05) is 12.8 Å². The van der Waals surface area contributed by atoms with Gasteiger partial charge in [0.15, 0.2) is 0 Å². The fourth-order valence-corrected chi connectivity index (χ4v) is 6.73. The molecule has 1 amide bonds. The van der Waals surface area contributed by atoms with E-state index in [1.54, 1.807) is 0 Å². The van der Waals surface area contributed by atoms with Gasteiger partial charge in [0.25, 0.3) is 5.91 Å². The van der Waals surface area contributed by atoms with Gasteiger partial charge in [-0.05, 0) is 86.5 Å². The minimum atomic E-state index is -0.683. The largest absolute Gasteiger partial charge is 0.481 e. The van der Waals surface area contributed by atoms with Crippen molar-refractivity contribution in [3.63, 3.8) is 0 Å². The number of anilines is 1. The number of aliphatic carboxylic acids is 1. The van der Waals surface area contributed by atoms with Crippen LogP contribution in [0.3, 0.4) is 0 Å². The van der Waals surface area contributed by atoms with E-state index in [1.807, 2.05) is 24.3 Å². The molecule has 1 aliphatic heterocycles. The number of carboxylic acids is 1. The first kappa shape index (κ1) is 19.0. The monoisotopic (exact) mass is 396 g/mol. The van der Waals surface area contributed by atoms with Gasteiger partial charge >= 0.3 is 5.97 Å². The van der Waals surface area contributed by atoms with Crippen LogP contribution in [0.25, 0.3) is 0 Å². The van der Waals surface area contributed by atoms with Crippen LogP contribution in [0.1, 0.15) is 61.7 Å². The summed E-state index contributed by atoms with van der Waals surface area (Å²) < 4.78 is 0. The van der Waals surface area contributed by atoms with Gasteiger partial charge in [0.05, 0.1) is 5.92 Å². The normalized spacial score (nSPS) is 34.1. The molecule has 5 rings (SSSR count). The van der Waals surface area contributed by atoms with Gasteiger partial charge in [-0.15, -0.1) is 0 Å². The highest BCUT2D eigenvalue weighted by Crippen LogP contribution is 2.53. The lowest BCUT2D eigenvalue weighted by molar-refractivity contribution is -0.142. The van der Waals surface area contributed by atoms with Crippen LogP contribution in [0.15, 0.2) is 24.3 Å². The number of rotatable bonds is 4. The maximum Gasteiger partial charge on any atom is 0.306 e. The highest BCUT2D eigenvalue weighted by molar-refractivity contribution is 5.94. The zero-order valence-electron chi connectivity index (χ0n) is 17.1. The number of piperidine rings is 1. The maximum atomic E-state index is 13.0. The Kier molecular flexibility index (Phi) is 5.00. The Morgan fingerprint density at radius 1 is 0.862 bits per heavy atom. The Balaban J connectivity index is 1.22. The Morgan fingerprint density at radius 2 is 1.52 bits per heavy atom. The average Bonchev–Trinajstić information content (AvgIpc) is 2.98. The molecule has 1 aromatic rings. The molecular formula is C24H32N2O3. The quantitative estimate of drug-likeness (QED) is 0.809. The Labute approximate surface area is 172 Å². The zero-order chi connectivity index (χ0) is 20.0. The number of carbonyl (C=O) groups is 2. The summed E-state index contributed by atoms with van der Waals surface area (Å²) >= 11 is 0. The van der Waals surface area contributed by atoms with Crippen molar-refractivity contribution in [3.8, 4) is 0 Å². The first-order chi connectivity index (χ1) is 14.1. The Hall–Kier alpha value is -2.04. The standard InChI is InChI=1S/C24H32N2O3/c27-23(25-22-18-3-1-2-17-12-20(22)14-19(17)13-18)15-4-6-21(7-5-15)26-10-8-16(9-11-26)24(28)29/h4-7,16-20,22H,1-3,8-14H2,(H,25,27)(H,28,29). The van der Waals surface area contributed by atoms with Gasteiger partial charge < -0.3 is 15.3 Å². The van der Waals surface area contributed by atoms with E-state index in [4.69, 9.17) is 5.11 Å². The molecule has 0 spiro atoms. The third-order valence-electron chi connectivity index (χ3n) is 8.29. The Morgan fingerprint density at radius 3 is 2.24 bits per heavy atom. The van der Waals surface area contributed by atoms with Crippen LogP contribution in [0, 0.1) is 29.6 Å². The summed E-state index contributed by atoms with van der Waals surface area (Å²) in [5.74, 6) is 2.35. The van der Waals surface area contributed by atoms with Crippen LogP contribution in [0.2, 0.25) is 0 Å². The highest BCUT2D eigenvalue weighted by atomic mass is 16.4. The number of carboxylic acid groups (broad SMARTS) is 1. The Bertz CT molecular complexity index is 769. The summed E-state index contributed by atoms with van der Waals surface area (Å²) in [7, 11) is 0. The lowest BCUT2D eigenvalue weighted by atomic mass is 9.75. The van der Waals surface area contributed by atoms with E-state index in [0.29, 0.717) is 30.7 Å². The molecule has 0 radical (unpaired) electrons. The van der Waals surface area contributed by atoms with Gasteiger partial charge in [-0.25, -0.2) is 0 Å². The van der Waals surface area contributed by atoms with Gasteiger partial charge in [0.1, 0.15) is 0 Å². The summed E-state index contributed by atoms with van der Waals surface area (Å²) in [6, 6.07) is 8.24. The minimum absolute atomic E-state index is 0.0682. The van der Waals surface area contributed by atoms with E-state index in [-0.39, 0.29) is 11.8 Å². The molecule has 1 heterocycles. The number of amides is 1. The second-order valence-corrected chi connectivity index (χ2v) is 9.82. The van der Waals surface area contributed by atoms with E-state index < -0.39 is 5.97 Å². The molecule has 3 saturated carbocycles. The highest BCUT2D eigenvalue weighted by Gasteiger charge is 2.48. The van der Waals surface area contributed by atoms with Crippen LogP contribution in [-0.4, -0.2) is 36.1 Å². The second-order valence-electron chi connectivity index (χ2n) is 9.82. The van der Waals surface area contributed by atoms with Crippen molar-refractivity contribution in [2.24, 2.45) is 29.6 Å². The zero-order valence-corrected chi connectivity index (χ0v) is 17.1. The van der Waals surface area contributed by atoms with E-state index in [1.165, 1.54) is 38.5 Å². The summed E-state index contributed by atoms with van der Waals surface area (Å²) in [6.45, 7) is 1.52. The number of nitrogens with zero attached hydrogens (tertiary/aromatic N) is 1. The predicted molar refractivity (Wildman–Crippen MR) is 112 cm³/mol. The van der Waals surface area contributed by atoms with Crippen LogP contribution in [-0.2, 0) is 4.79 Å². The third kappa shape index (κ3) is 3.64. The molecule has 4 fully saturated rings. The summed E-state index contributed by atoms with van der Waals surface area (Å²) in [5.41, 5.74) is 1.82. The molecule has 156 valence electrons. The molecule has 0 aromatic heterocycles.